The highest BCUT2D eigenvalue weighted by Gasteiger charge is 2.25. The third kappa shape index (κ3) is 3.47. The molecule has 1 heterocycles. The smallest absolute Gasteiger partial charge is 0.258 e. The van der Waals surface area contributed by atoms with Gasteiger partial charge in [0.15, 0.2) is 0 Å². The number of benzene rings is 3. The van der Waals surface area contributed by atoms with E-state index in [0.717, 1.165) is 23.4 Å². The molecule has 0 spiro atoms. The summed E-state index contributed by atoms with van der Waals surface area (Å²) in [6.07, 6.45) is 0.795. The highest BCUT2D eigenvalue weighted by Crippen LogP contribution is 2.34. The molecular weight excluding hydrogens is 372 g/mol. The molecule has 140 valence electrons. The summed E-state index contributed by atoms with van der Waals surface area (Å²) in [7, 11) is 0. The quantitative estimate of drug-likeness (QED) is 0.552. The number of hydrogen-bond acceptors (Lipinski definition) is 3. The van der Waals surface area contributed by atoms with E-state index in [1.165, 1.54) is 0 Å². The Balaban J connectivity index is 1.60. The van der Waals surface area contributed by atoms with Crippen LogP contribution in [0.4, 0.5) is 17.1 Å². The maximum absolute atomic E-state index is 12.8. The summed E-state index contributed by atoms with van der Waals surface area (Å²) in [5.74, 6) is -0.0394. The summed E-state index contributed by atoms with van der Waals surface area (Å²) in [5.41, 5.74) is 4.86. The van der Waals surface area contributed by atoms with Gasteiger partial charge in [-0.1, -0.05) is 36.4 Å². The molecule has 0 unspecified atom stereocenters. The van der Waals surface area contributed by atoms with Gasteiger partial charge in [-0.25, -0.2) is 0 Å². The summed E-state index contributed by atoms with van der Waals surface area (Å²) < 4.78 is 0. The Morgan fingerprint density at radius 3 is 2.61 bits per heavy atom. The minimum atomic E-state index is -0.0502. The molecule has 1 amide bonds. The van der Waals surface area contributed by atoms with E-state index in [9.17, 15) is 9.90 Å². The third-order valence-corrected chi connectivity index (χ3v) is 5.05. The normalized spacial score (nSPS) is 12.5. The first-order valence-corrected chi connectivity index (χ1v) is 9.35. The summed E-state index contributed by atoms with van der Waals surface area (Å²) >= 11 is 6.02. The zero-order chi connectivity index (χ0) is 19.7. The monoisotopic (exact) mass is 390 g/mol. The minimum Gasteiger partial charge on any atom is -0.508 e. The van der Waals surface area contributed by atoms with Crippen molar-refractivity contribution in [2.45, 2.75) is 6.42 Å². The first kappa shape index (κ1) is 18.1. The average Bonchev–Trinajstić information content (AvgIpc) is 3.12. The van der Waals surface area contributed by atoms with Crippen LogP contribution >= 0.6 is 11.6 Å². The fraction of sp³-hybridized carbons (Fsp3) is 0.0870. The summed E-state index contributed by atoms with van der Waals surface area (Å²) in [5, 5.41) is 13.7. The number of aliphatic hydroxyl groups excluding tert-OH is 1. The third-order valence-electron chi connectivity index (χ3n) is 4.81. The fourth-order valence-corrected chi connectivity index (χ4v) is 3.62. The maximum Gasteiger partial charge on any atom is 0.258 e. The Labute approximate surface area is 168 Å². The van der Waals surface area contributed by atoms with E-state index in [0.29, 0.717) is 28.4 Å². The van der Waals surface area contributed by atoms with E-state index in [1.54, 1.807) is 18.2 Å². The van der Waals surface area contributed by atoms with Gasteiger partial charge in [-0.05, 0) is 60.5 Å². The number of aliphatic hydroxyl groups is 1. The van der Waals surface area contributed by atoms with Crippen LogP contribution in [0.2, 0.25) is 5.02 Å². The predicted molar refractivity (Wildman–Crippen MR) is 115 cm³/mol. The highest BCUT2D eigenvalue weighted by molar-refractivity contribution is 6.30. The molecule has 1 aliphatic heterocycles. The standard InChI is InChI=1S/C23H19ClN2O2/c1-15(27)20-14-18(24)7-9-21(20)25-19-8-10-22-17(13-19)11-12-26(22)23(28)16-5-3-2-4-6-16/h2-10,13-14,25,27H,1,11-12H2. The zero-order valence-electron chi connectivity index (χ0n) is 15.2. The molecule has 0 fully saturated rings. The average molecular weight is 391 g/mol. The fourth-order valence-electron chi connectivity index (χ4n) is 3.45. The molecule has 0 aromatic heterocycles. The van der Waals surface area contributed by atoms with Crippen molar-refractivity contribution in [3.05, 3.63) is 95.0 Å². The van der Waals surface area contributed by atoms with Crippen LogP contribution in [0.5, 0.6) is 0 Å². The molecule has 0 bridgehead atoms. The maximum atomic E-state index is 12.8. The lowest BCUT2D eigenvalue weighted by atomic mass is 10.1. The molecule has 2 N–H and O–H groups in total. The molecule has 0 atom stereocenters. The van der Waals surface area contributed by atoms with Crippen LogP contribution in [-0.2, 0) is 6.42 Å². The lowest BCUT2D eigenvalue weighted by Crippen LogP contribution is -2.28. The van der Waals surface area contributed by atoms with Gasteiger partial charge in [-0.3, -0.25) is 4.79 Å². The Kier molecular flexibility index (Phi) is 4.80. The van der Waals surface area contributed by atoms with E-state index < -0.39 is 0 Å². The van der Waals surface area contributed by atoms with Crippen LogP contribution in [0.25, 0.3) is 5.76 Å². The van der Waals surface area contributed by atoms with Crippen molar-refractivity contribution in [3.63, 3.8) is 0 Å². The van der Waals surface area contributed by atoms with Crippen molar-refractivity contribution in [3.8, 4) is 0 Å². The lowest BCUT2D eigenvalue weighted by molar-refractivity contribution is 0.0989. The van der Waals surface area contributed by atoms with Gasteiger partial charge in [0.25, 0.3) is 5.91 Å². The van der Waals surface area contributed by atoms with Gasteiger partial charge in [0.1, 0.15) is 5.76 Å². The predicted octanol–water partition coefficient (Wildman–Crippen LogP) is 5.82. The van der Waals surface area contributed by atoms with Gasteiger partial charge in [0.05, 0.1) is 0 Å². The van der Waals surface area contributed by atoms with Crippen LogP contribution in [0.1, 0.15) is 21.5 Å². The molecule has 5 heteroatoms. The van der Waals surface area contributed by atoms with Crippen LogP contribution in [-0.4, -0.2) is 17.6 Å². The number of halogens is 1. The molecule has 3 aromatic carbocycles. The van der Waals surface area contributed by atoms with Crippen molar-refractivity contribution in [1.82, 2.24) is 0 Å². The van der Waals surface area contributed by atoms with Gasteiger partial charge < -0.3 is 15.3 Å². The number of nitrogens with zero attached hydrogens (tertiary/aromatic N) is 1. The Morgan fingerprint density at radius 1 is 1.07 bits per heavy atom. The number of carbonyl (C=O) groups excluding carboxylic acids is 1. The van der Waals surface area contributed by atoms with Crippen molar-refractivity contribution in [1.29, 1.82) is 0 Å². The molecule has 0 saturated carbocycles. The summed E-state index contributed by atoms with van der Waals surface area (Å²) in [4.78, 5) is 14.6. The topological polar surface area (TPSA) is 52.6 Å². The van der Waals surface area contributed by atoms with Gasteiger partial charge in [-0.15, -0.1) is 0 Å². The van der Waals surface area contributed by atoms with Gasteiger partial charge in [-0.2, -0.15) is 0 Å². The highest BCUT2D eigenvalue weighted by atomic mass is 35.5. The number of amides is 1. The van der Waals surface area contributed by atoms with Crippen molar-refractivity contribution in [2.75, 3.05) is 16.8 Å². The summed E-state index contributed by atoms with van der Waals surface area (Å²) in [6, 6.07) is 20.4. The van der Waals surface area contributed by atoms with Crippen LogP contribution in [0.15, 0.2) is 73.3 Å². The zero-order valence-corrected chi connectivity index (χ0v) is 15.9. The van der Waals surface area contributed by atoms with E-state index in [4.69, 9.17) is 11.6 Å². The number of carbonyl (C=O) groups is 1. The van der Waals surface area contributed by atoms with E-state index in [-0.39, 0.29) is 11.7 Å². The van der Waals surface area contributed by atoms with E-state index in [1.807, 2.05) is 53.4 Å². The van der Waals surface area contributed by atoms with Gasteiger partial charge >= 0.3 is 0 Å². The molecule has 0 aliphatic carbocycles. The van der Waals surface area contributed by atoms with E-state index in [2.05, 4.69) is 11.9 Å². The molecule has 0 saturated heterocycles. The number of nitrogens with one attached hydrogen (secondary N) is 1. The van der Waals surface area contributed by atoms with Crippen molar-refractivity contribution >= 4 is 40.3 Å². The Hall–Kier alpha value is -3.24. The molecule has 3 aromatic rings. The largest absolute Gasteiger partial charge is 0.508 e. The molecule has 4 rings (SSSR count). The molecule has 4 nitrogen and oxygen atoms in total. The number of rotatable bonds is 4. The molecular formula is C23H19ClN2O2. The van der Waals surface area contributed by atoms with Crippen LogP contribution < -0.4 is 10.2 Å². The second-order valence-corrected chi connectivity index (χ2v) is 7.11. The first-order chi connectivity index (χ1) is 13.5. The molecule has 1 aliphatic rings. The molecule has 28 heavy (non-hydrogen) atoms. The van der Waals surface area contributed by atoms with Crippen molar-refractivity contribution < 1.29 is 9.90 Å². The Bertz CT molecular complexity index is 1060. The summed E-state index contributed by atoms with van der Waals surface area (Å²) in [6.45, 7) is 4.26. The van der Waals surface area contributed by atoms with Crippen LogP contribution in [0.3, 0.4) is 0 Å². The minimum absolute atomic E-state index is 0.0108. The number of anilines is 3. The second kappa shape index (κ2) is 7.41. The second-order valence-electron chi connectivity index (χ2n) is 6.68. The number of hydrogen-bond donors (Lipinski definition) is 2. The van der Waals surface area contributed by atoms with E-state index >= 15 is 0 Å². The first-order valence-electron chi connectivity index (χ1n) is 8.97. The van der Waals surface area contributed by atoms with Crippen LogP contribution in [0, 0.1) is 0 Å². The SMILES string of the molecule is C=C(O)c1cc(Cl)ccc1Nc1ccc2c(c1)CCN2C(=O)c1ccccc1. The van der Waals surface area contributed by atoms with Gasteiger partial charge in [0.2, 0.25) is 0 Å². The van der Waals surface area contributed by atoms with Gasteiger partial charge in [0, 0.05) is 39.8 Å². The van der Waals surface area contributed by atoms with Crippen molar-refractivity contribution in [2.24, 2.45) is 0 Å². The Morgan fingerprint density at radius 2 is 1.86 bits per heavy atom. The number of fused-ring (bicyclic) bond motifs is 1. The molecule has 0 radical (unpaired) electrons. The lowest BCUT2D eigenvalue weighted by Gasteiger charge is -2.18.